The van der Waals surface area contributed by atoms with Crippen molar-refractivity contribution in [3.63, 3.8) is 0 Å². The highest BCUT2D eigenvalue weighted by Gasteiger charge is 2.36. The monoisotopic (exact) mass is 462 g/mol. The van der Waals surface area contributed by atoms with Gasteiger partial charge in [0.05, 0.1) is 25.6 Å². The Morgan fingerprint density at radius 1 is 1.23 bits per heavy atom. The van der Waals surface area contributed by atoms with E-state index in [-0.39, 0.29) is 25.5 Å². The van der Waals surface area contributed by atoms with E-state index in [4.69, 9.17) is 13.8 Å². The first kappa shape index (κ1) is 26.8. The highest BCUT2D eigenvalue weighted by molar-refractivity contribution is 7.51. The number of rotatable bonds is 13. The number of nitrogens with zero attached hydrogens (tertiary/aromatic N) is 2. The van der Waals surface area contributed by atoms with Crippen LogP contribution < -0.4 is 10.4 Å². The molecule has 0 aliphatic carbocycles. The summed E-state index contributed by atoms with van der Waals surface area (Å²) in [5.74, 6) is -2.15. The standard InChI is InChI=1S/C18H31N4O8P/c1-12(2)16(30-31(26,28-6)21-13(3)18(25)27-5)17(24)19-8-7-15(23)29-10-14-9-22(4)11-20-14/h9,11-13,16H,7-8,10H2,1-6H3,(H,19,24)(H,21,26)/t13-,16+,31?/m0/s1. The molecule has 0 aliphatic heterocycles. The van der Waals surface area contributed by atoms with Crippen LogP contribution in [0.25, 0.3) is 0 Å². The number of methoxy groups -OCH3 is 1. The molecule has 0 aliphatic rings. The molecule has 31 heavy (non-hydrogen) atoms. The molecule has 176 valence electrons. The average Bonchev–Trinajstić information content (AvgIpc) is 3.14. The molecule has 1 aromatic heterocycles. The molecule has 3 atom stereocenters. The summed E-state index contributed by atoms with van der Waals surface area (Å²) < 4.78 is 34.5. The summed E-state index contributed by atoms with van der Waals surface area (Å²) in [6.07, 6.45) is 2.09. The van der Waals surface area contributed by atoms with E-state index in [0.717, 1.165) is 7.11 Å². The van der Waals surface area contributed by atoms with Crippen molar-refractivity contribution in [3.05, 3.63) is 18.2 Å². The molecule has 13 heteroatoms. The summed E-state index contributed by atoms with van der Waals surface area (Å²) >= 11 is 0. The van der Waals surface area contributed by atoms with Gasteiger partial charge in [0.25, 0.3) is 0 Å². The van der Waals surface area contributed by atoms with Crippen molar-refractivity contribution in [3.8, 4) is 0 Å². The van der Waals surface area contributed by atoms with Gasteiger partial charge in [-0.15, -0.1) is 0 Å². The Labute approximate surface area is 181 Å². The van der Waals surface area contributed by atoms with Crippen molar-refractivity contribution in [2.24, 2.45) is 13.0 Å². The van der Waals surface area contributed by atoms with Gasteiger partial charge < -0.3 is 23.9 Å². The van der Waals surface area contributed by atoms with Crippen molar-refractivity contribution in [1.29, 1.82) is 0 Å². The second-order valence-electron chi connectivity index (χ2n) is 7.06. The van der Waals surface area contributed by atoms with Crippen LogP contribution in [0.2, 0.25) is 0 Å². The lowest BCUT2D eigenvalue weighted by Gasteiger charge is -2.27. The molecule has 0 aromatic carbocycles. The van der Waals surface area contributed by atoms with E-state index in [1.165, 1.54) is 14.0 Å². The van der Waals surface area contributed by atoms with Crippen LogP contribution in [0, 0.1) is 5.92 Å². The maximum atomic E-state index is 12.8. The van der Waals surface area contributed by atoms with Crippen LogP contribution in [0.4, 0.5) is 0 Å². The summed E-state index contributed by atoms with van der Waals surface area (Å²) in [5.41, 5.74) is 0.608. The Hall–Kier alpha value is -2.27. The van der Waals surface area contributed by atoms with Crippen LogP contribution in [-0.2, 0) is 51.1 Å². The van der Waals surface area contributed by atoms with E-state index in [1.54, 1.807) is 38.0 Å². The minimum absolute atomic E-state index is 0.00423. The first-order valence-electron chi connectivity index (χ1n) is 9.61. The van der Waals surface area contributed by atoms with Crippen molar-refractivity contribution < 1.29 is 37.5 Å². The molecule has 1 rings (SSSR count). The zero-order chi connectivity index (χ0) is 23.6. The summed E-state index contributed by atoms with van der Waals surface area (Å²) in [6.45, 7) is 4.83. The number of aryl methyl sites for hydroxylation is 1. The first-order chi connectivity index (χ1) is 14.5. The molecule has 1 unspecified atom stereocenters. The fraction of sp³-hybridized carbons (Fsp3) is 0.667. The Morgan fingerprint density at radius 2 is 1.90 bits per heavy atom. The number of hydrogen-bond donors (Lipinski definition) is 2. The number of nitrogens with one attached hydrogen (secondary N) is 2. The van der Waals surface area contributed by atoms with E-state index in [2.05, 4.69) is 20.1 Å². The van der Waals surface area contributed by atoms with Gasteiger partial charge in [-0.25, -0.2) is 14.6 Å². The van der Waals surface area contributed by atoms with Crippen LogP contribution in [0.1, 0.15) is 32.9 Å². The van der Waals surface area contributed by atoms with Crippen LogP contribution >= 0.6 is 7.75 Å². The molecular weight excluding hydrogens is 431 g/mol. The van der Waals surface area contributed by atoms with E-state index in [1.807, 2.05) is 0 Å². The minimum atomic E-state index is -3.99. The third kappa shape index (κ3) is 9.18. The number of carbonyl (C=O) groups is 3. The van der Waals surface area contributed by atoms with Gasteiger partial charge in [-0.3, -0.25) is 18.9 Å². The van der Waals surface area contributed by atoms with Crippen molar-refractivity contribution in [2.75, 3.05) is 20.8 Å². The Bertz CT molecular complexity index is 797. The smallest absolute Gasteiger partial charge is 0.406 e. The fourth-order valence-electron chi connectivity index (χ4n) is 2.37. The molecule has 0 spiro atoms. The van der Waals surface area contributed by atoms with E-state index in [0.29, 0.717) is 5.69 Å². The van der Waals surface area contributed by atoms with Crippen LogP contribution in [0.15, 0.2) is 12.5 Å². The molecule has 1 amide bonds. The topological polar surface area (TPSA) is 147 Å². The van der Waals surface area contributed by atoms with E-state index in [9.17, 15) is 18.9 Å². The number of aromatic nitrogens is 2. The van der Waals surface area contributed by atoms with Crippen LogP contribution in [-0.4, -0.2) is 60.3 Å². The number of esters is 2. The summed E-state index contributed by atoms with van der Waals surface area (Å²) in [6, 6.07) is -0.986. The van der Waals surface area contributed by atoms with Gasteiger partial charge in [-0.2, -0.15) is 0 Å². The molecule has 1 aromatic rings. The molecule has 2 N–H and O–H groups in total. The van der Waals surface area contributed by atoms with Gasteiger partial charge in [0.2, 0.25) is 5.91 Å². The molecule has 0 bridgehead atoms. The van der Waals surface area contributed by atoms with Crippen molar-refractivity contribution in [2.45, 2.75) is 45.9 Å². The van der Waals surface area contributed by atoms with E-state index >= 15 is 0 Å². The van der Waals surface area contributed by atoms with E-state index < -0.39 is 37.7 Å². The fourth-order valence-corrected chi connectivity index (χ4v) is 3.84. The molecule has 12 nitrogen and oxygen atoms in total. The maximum absolute atomic E-state index is 12.8. The number of ether oxygens (including phenoxy) is 2. The quantitative estimate of drug-likeness (QED) is 0.320. The van der Waals surface area contributed by atoms with Crippen LogP contribution in [0.5, 0.6) is 0 Å². The maximum Gasteiger partial charge on any atom is 0.406 e. The predicted octanol–water partition coefficient (Wildman–Crippen LogP) is 0.916. The highest BCUT2D eigenvalue weighted by Crippen LogP contribution is 2.45. The van der Waals surface area contributed by atoms with Crippen molar-refractivity contribution in [1.82, 2.24) is 20.0 Å². The number of imidazole rings is 1. The average molecular weight is 462 g/mol. The van der Waals surface area contributed by atoms with Gasteiger partial charge in [0.15, 0.2) is 0 Å². The van der Waals surface area contributed by atoms with Gasteiger partial charge in [-0.05, 0) is 12.8 Å². The highest BCUT2D eigenvalue weighted by atomic mass is 31.2. The Balaban J connectivity index is 2.56. The molecule has 0 saturated heterocycles. The SMILES string of the molecule is COC(=O)[C@H](C)NP(=O)(OC)O[C@@H](C(=O)NCCC(=O)OCc1cn(C)cn1)C(C)C. The minimum Gasteiger partial charge on any atom is -0.468 e. The second-order valence-corrected chi connectivity index (χ2v) is 8.89. The summed E-state index contributed by atoms with van der Waals surface area (Å²) in [4.78, 5) is 40.0. The summed E-state index contributed by atoms with van der Waals surface area (Å²) in [7, 11) is 0.122. The first-order valence-corrected chi connectivity index (χ1v) is 11.2. The normalized spacial score (nSPS) is 15.1. The zero-order valence-electron chi connectivity index (χ0n) is 18.6. The predicted molar refractivity (Wildman–Crippen MR) is 110 cm³/mol. The lowest BCUT2D eigenvalue weighted by molar-refractivity contribution is -0.145. The van der Waals surface area contributed by atoms with Gasteiger partial charge >= 0.3 is 19.7 Å². The molecule has 0 fully saturated rings. The third-order valence-corrected chi connectivity index (χ3v) is 5.72. The number of carbonyl (C=O) groups excluding carboxylic acids is 3. The van der Waals surface area contributed by atoms with Gasteiger partial charge in [-0.1, -0.05) is 13.8 Å². The summed E-state index contributed by atoms with van der Waals surface area (Å²) in [5, 5.41) is 4.97. The third-order valence-electron chi connectivity index (χ3n) is 4.03. The molecule has 1 heterocycles. The lowest BCUT2D eigenvalue weighted by atomic mass is 10.1. The van der Waals surface area contributed by atoms with Gasteiger partial charge in [0.1, 0.15) is 18.8 Å². The molecule has 0 saturated carbocycles. The Kier molecular flexibility index (Phi) is 10.8. The molecular formula is C18H31N4O8P. The number of amides is 1. The molecule has 0 radical (unpaired) electrons. The largest absolute Gasteiger partial charge is 0.468 e. The van der Waals surface area contributed by atoms with Gasteiger partial charge in [0, 0.05) is 26.9 Å². The van der Waals surface area contributed by atoms with Crippen molar-refractivity contribution >= 4 is 25.6 Å². The lowest BCUT2D eigenvalue weighted by Crippen LogP contribution is -2.42. The zero-order valence-corrected chi connectivity index (χ0v) is 19.5. The number of hydrogen-bond acceptors (Lipinski definition) is 9. The second kappa shape index (κ2) is 12.6. The Morgan fingerprint density at radius 3 is 2.42 bits per heavy atom. The van der Waals surface area contributed by atoms with Crippen LogP contribution in [0.3, 0.4) is 0 Å².